The summed E-state index contributed by atoms with van der Waals surface area (Å²) in [6, 6.07) is 13.5. The molecule has 1 aliphatic rings. The number of ether oxygens (including phenoxy) is 4. The zero-order valence-corrected chi connectivity index (χ0v) is 17.6. The number of hydrogen-bond donors (Lipinski definition) is 0. The Kier molecular flexibility index (Phi) is 7.67. The summed E-state index contributed by atoms with van der Waals surface area (Å²) < 4.78 is 47.7. The van der Waals surface area contributed by atoms with Crippen LogP contribution in [0.1, 0.15) is 5.56 Å². The van der Waals surface area contributed by atoms with Crippen LogP contribution in [0, 0.1) is 0 Å². The molecule has 1 fully saturated rings. The molecule has 0 aliphatic carbocycles. The summed E-state index contributed by atoms with van der Waals surface area (Å²) in [7, 11) is -2.15. The molecule has 3 rings (SSSR count). The largest absolute Gasteiger partial charge is 0.490 e. The number of nitrogens with zero attached hydrogens (tertiary/aromatic N) is 1. The minimum absolute atomic E-state index is 0.219. The first-order valence-corrected chi connectivity index (χ1v) is 11.0. The number of sulfonamides is 1. The van der Waals surface area contributed by atoms with E-state index < -0.39 is 10.0 Å². The monoisotopic (exact) mass is 435 g/mol. The van der Waals surface area contributed by atoms with Crippen molar-refractivity contribution in [1.29, 1.82) is 0 Å². The van der Waals surface area contributed by atoms with Gasteiger partial charge in [-0.1, -0.05) is 12.1 Å². The molecule has 2 aromatic rings. The fourth-order valence-corrected chi connectivity index (χ4v) is 4.31. The van der Waals surface area contributed by atoms with Crippen LogP contribution >= 0.6 is 0 Å². The quantitative estimate of drug-likeness (QED) is 0.439. The van der Waals surface area contributed by atoms with E-state index in [2.05, 4.69) is 4.74 Å². The van der Waals surface area contributed by atoms with Gasteiger partial charge in [0, 0.05) is 13.1 Å². The minimum Gasteiger partial charge on any atom is -0.490 e. The third kappa shape index (κ3) is 5.94. The molecule has 8 nitrogen and oxygen atoms in total. The molecule has 0 unspecified atom stereocenters. The fourth-order valence-electron chi connectivity index (χ4n) is 2.91. The van der Waals surface area contributed by atoms with Crippen molar-refractivity contribution in [3.63, 3.8) is 0 Å². The van der Waals surface area contributed by atoms with E-state index in [-0.39, 0.29) is 17.3 Å². The predicted octanol–water partition coefficient (Wildman–Crippen LogP) is 1.88. The number of benzene rings is 2. The molecule has 0 amide bonds. The number of rotatable bonds is 9. The Labute approximate surface area is 176 Å². The van der Waals surface area contributed by atoms with Gasteiger partial charge in [-0.2, -0.15) is 4.31 Å². The number of carbonyl (C=O) groups is 1. The molecular formula is C21H25NO7S. The highest BCUT2D eigenvalue weighted by molar-refractivity contribution is 7.89. The molecule has 30 heavy (non-hydrogen) atoms. The Morgan fingerprint density at radius 1 is 0.933 bits per heavy atom. The SMILES string of the molecule is COC(=O)Cc1ccc(OCCOc2ccc(S(=O)(=O)N3CCOCC3)cc2)cc1. The van der Waals surface area contributed by atoms with Crippen LogP contribution in [0.3, 0.4) is 0 Å². The highest BCUT2D eigenvalue weighted by Gasteiger charge is 2.26. The normalized spacial score (nSPS) is 14.8. The van der Waals surface area contributed by atoms with Gasteiger partial charge >= 0.3 is 5.97 Å². The number of morpholine rings is 1. The lowest BCUT2D eigenvalue weighted by atomic mass is 10.1. The van der Waals surface area contributed by atoms with Gasteiger partial charge in [0.25, 0.3) is 0 Å². The van der Waals surface area contributed by atoms with Crippen molar-refractivity contribution >= 4 is 16.0 Å². The van der Waals surface area contributed by atoms with Crippen LogP contribution in [-0.2, 0) is 30.7 Å². The Bertz CT molecular complexity index is 921. The number of esters is 1. The van der Waals surface area contributed by atoms with Crippen molar-refractivity contribution in [2.24, 2.45) is 0 Å². The molecule has 1 saturated heterocycles. The van der Waals surface area contributed by atoms with E-state index in [4.69, 9.17) is 14.2 Å². The molecule has 0 saturated carbocycles. The van der Waals surface area contributed by atoms with Crippen LogP contribution in [0.25, 0.3) is 0 Å². The standard InChI is InChI=1S/C21H25NO7S/c1-26-21(23)16-17-2-4-18(5-3-17)28-14-15-29-19-6-8-20(9-7-19)30(24,25)22-10-12-27-13-11-22/h2-9H,10-16H2,1H3. The minimum atomic E-state index is -3.51. The lowest BCUT2D eigenvalue weighted by molar-refractivity contribution is -0.139. The van der Waals surface area contributed by atoms with Crippen LogP contribution in [0.5, 0.6) is 11.5 Å². The Morgan fingerprint density at radius 2 is 1.47 bits per heavy atom. The number of hydrogen-bond acceptors (Lipinski definition) is 7. The molecule has 0 spiro atoms. The third-order valence-corrected chi connectivity index (χ3v) is 6.46. The molecule has 0 N–H and O–H groups in total. The average Bonchev–Trinajstić information content (AvgIpc) is 2.78. The summed E-state index contributed by atoms with van der Waals surface area (Å²) in [5.74, 6) is 0.938. The van der Waals surface area contributed by atoms with Crippen molar-refractivity contribution < 1.29 is 32.2 Å². The highest BCUT2D eigenvalue weighted by atomic mass is 32.2. The van der Waals surface area contributed by atoms with Crippen molar-refractivity contribution in [1.82, 2.24) is 4.31 Å². The number of carbonyl (C=O) groups excluding carboxylic acids is 1. The van der Waals surface area contributed by atoms with Crippen LogP contribution in [0.2, 0.25) is 0 Å². The van der Waals surface area contributed by atoms with E-state index in [1.54, 1.807) is 48.5 Å². The van der Waals surface area contributed by atoms with Crippen molar-refractivity contribution in [2.45, 2.75) is 11.3 Å². The Balaban J connectivity index is 1.44. The van der Waals surface area contributed by atoms with E-state index in [0.717, 1.165) is 5.56 Å². The van der Waals surface area contributed by atoms with Gasteiger partial charge in [0.2, 0.25) is 10.0 Å². The highest BCUT2D eigenvalue weighted by Crippen LogP contribution is 2.20. The summed E-state index contributed by atoms with van der Waals surface area (Å²) in [6.45, 7) is 2.18. The van der Waals surface area contributed by atoms with Gasteiger partial charge < -0.3 is 18.9 Å². The van der Waals surface area contributed by atoms with Crippen LogP contribution in [0.15, 0.2) is 53.4 Å². The zero-order valence-electron chi connectivity index (χ0n) is 16.8. The predicted molar refractivity (Wildman–Crippen MR) is 109 cm³/mol. The van der Waals surface area contributed by atoms with Gasteiger partial charge in [-0.15, -0.1) is 0 Å². The van der Waals surface area contributed by atoms with Gasteiger partial charge in [0.05, 0.1) is 31.6 Å². The second-order valence-electron chi connectivity index (χ2n) is 6.58. The van der Waals surface area contributed by atoms with E-state index in [9.17, 15) is 13.2 Å². The van der Waals surface area contributed by atoms with E-state index in [1.807, 2.05) is 0 Å². The van der Waals surface area contributed by atoms with Crippen molar-refractivity contribution in [3.8, 4) is 11.5 Å². The maximum atomic E-state index is 12.6. The maximum Gasteiger partial charge on any atom is 0.309 e. The van der Waals surface area contributed by atoms with E-state index in [1.165, 1.54) is 11.4 Å². The average molecular weight is 435 g/mol. The van der Waals surface area contributed by atoms with Crippen molar-refractivity contribution in [3.05, 3.63) is 54.1 Å². The molecule has 1 aliphatic heterocycles. The molecule has 0 radical (unpaired) electrons. The van der Waals surface area contributed by atoms with Gasteiger partial charge in [-0.3, -0.25) is 4.79 Å². The summed E-state index contributed by atoms with van der Waals surface area (Å²) in [6.07, 6.45) is 0.219. The van der Waals surface area contributed by atoms with E-state index >= 15 is 0 Å². The van der Waals surface area contributed by atoms with Crippen LogP contribution in [0.4, 0.5) is 0 Å². The lowest BCUT2D eigenvalue weighted by Crippen LogP contribution is -2.40. The Hall–Kier alpha value is -2.62. The maximum absolute atomic E-state index is 12.6. The second-order valence-corrected chi connectivity index (χ2v) is 8.52. The first-order valence-electron chi connectivity index (χ1n) is 9.58. The van der Waals surface area contributed by atoms with E-state index in [0.29, 0.717) is 51.0 Å². The van der Waals surface area contributed by atoms with Gasteiger partial charge in [0.1, 0.15) is 24.7 Å². The molecule has 162 valence electrons. The summed E-state index contributed by atoms with van der Waals surface area (Å²) in [5, 5.41) is 0. The molecule has 9 heteroatoms. The molecule has 2 aromatic carbocycles. The summed E-state index contributed by atoms with van der Waals surface area (Å²) in [4.78, 5) is 11.5. The second kappa shape index (κ2) is 10.4. The van der Waals surface area contributed by atoms with Gasteiger partial charge in [0.15, 0.2) is 0 Å². The van der Waals surface area contributed by atoms with Gasteiger partial charge in [-0.05, 0) is 42.0 Å². The zero-order chi connectivity index (χ0) is 21.4. The first-order chi connectivity index (χ1) is 14.5. The smallest absolute Gasteiger partial charge is 0.309 e. The summed E-state index contributed by atoms with van der Waals surface area (Å²) >= 11 is 0. The molecular weight excluding hydrogens is 410 g/mol. The fraction of sp³-hybridized carbons (Fsp3) is 0.381. The van der Waals surface area contributed by atoms with Crippen LogP contribution in [-0.4, -0.2) is 65.3 Å². The molecule has 0 aromatic heterocycles. The summed E-state index contributed by atoms with van der Waals surface area (Å²) in [5.41, 5.74) is 0.845. The van der Waals surface area contributed by atoms with Crippen molar-refractivity contribution in [2.75, 3.05) is 46.6 Å². The Morgan fingerprint density at radius 3 is 2.00 bits per heavy atom. The van der Waals surface area contributed by atoms with Gasteiger partial charge in [-0.25, -0.2) is 8.42 Å². The molecule has 1 heterocycles. The number of methoxy groups -OCH3 is 1. The topological polar surface area (TPSA) is 91.4 Å². The first kappa shape index (κ1) is 22.1. The van der Waals surface area contributed by atoms with Crippen LogP contribution < -0.4 is 9.47 Å². The molecule has 0 bridgehead atoms. The third-order valence-electron chi connectivity index (χ3n) is 4.55. The lowest BCUT2D eigenvalue weighted by Gasteiger charge is -2.26. The molecule has 0 atom stereocenters.